The quantitative estimate of drug-likeness (QED) is 0.655. The highest BCUT2D eigenvalue weighted by molar-refractivity contribution is 7.80. The smallest absolute Gasteiger partial charge is 0.124 e. The molecule has 12 heavy (non-hydrogen) atoms. The Morgan fingerprint density at radius 3 is 3.00 bits per heavy atom. The van der Waals surface area contributed by atoms with Crippen LogP contribution in [0.4, 0.5) is 0 Å². The van der Waals surface area contributed by atoms with E-state index in [2.05, 4.69) is 12.1 Å². The van der Waals surface area contributed by atoms with Crippen molar-refractivity contribution in [2.75, 3.05) is 0 Å². The lowest BCUT2D eigenvalue weighted by Crippen LogP contribution is -1.90. The molecule has 1 radical (unpaired) electrons. The van der Waals surface area contributed by atoms with E-state index < -0.39 is 0 Å². The van der Waals surface area contributed by atoms with Gasteiger partial charge in [0.2, 0.25) is 0 Å². The van der Waals surface area contributed by atoms with Crippen molar-refractivity contribution in [3.63, 3.8) is 0 Å². The van der Waals surface area contributed by atoms with Crippen molar-refractivity contribution in [2.45, 2.75) is 37.9 Å². The lowest BCUT2D eigenvalue weighted by molar-refractivity contribution is 0.409. The summed E-state index contributed by atoms with van der Waals surface area (Å²) in [6.07, 6.45) is 6.30. The molecule has 0 saturated carbocycles. The number of rotatable bonds is 5. The van der Waals surface area contributed by atoms with E-state index in [0.29, 0.717) is 0 Å². The largest absolute Gasteiger partial charge is 0.364 e. The Hall–Kier alpha value is -0.440. The lowest BCUT2D eigenvalue weighted by atomic mass is 10.1. The van der Waals surface area contributed by atoms with Gasteiger partial charge >= 0.3 is 0 Å². The summed E-state index contributed by atoms with van der Waals surface area (Å²) >= 11 is 5.25. The summed E-state index contributed by atoms with van der Waals surface area (Å²) in [6.45, 7) is 2.19. The zero-order valence-corrected chi connectivity index (χ0v) is 8.14. The Morgan fingerprint density at radius 1 is 1.58 bits per heavy atom. The molecule has 1 aromatic heterocycles. The standard InChI is InChI=1S/C9H14NOS/c1-2-3-4-5-9(12)8-6-7-11-10-8/h6-7,9H,2-5H2,1H3. The molecular formula is C9H14NOS. The number of aromatic nitrogens is 1. The third-order valence-corrected chi connectivity index (χ3v) is 2.33. The third kappa shape index (κ3) is 2.89. The van der Waals surface area contributed by atoms with E-state index in [4.69, 9.17) is 17.2 Å². The molecule has 0 aliphatic heterocycles. The van der Waals surface area contributed by atoms with Gasteiger partial charge in [0, 0.05) is 6.07 Å². The first kappa shape index (κ1) is 9.65. The van der Waals surface area contributed by atoms with Crippen LogP contribution >= 0.6 is 12.6 Å². The van der Waals surface area contributed by atoms with Crippen LogP contribution in [0.15, 0.2) is 16.9 Å². The average molecular weight is 184 g/mol. The maximum atomic E-state index is 5.25. The van der Waals surface area contributed by atoms with Crippen LogP contribution < -0.4 is 0 Å². The minimum atomic E-state index is 0.135. The molecule has 1 heterocycles. The van der Waals surface area contributed by atoms with Crippen molar-refractivity contribution < 1.29 is 4.52 Å². The van der Waals surface area contributed by atoms with E-state index in [1.807, 2.05) is 6.07 Å². The van der Waals surface area contributed by atoms with Crippen LogP contribution in [0.3, 0.4) is 0 Å². The molecule has 0 N–H and O–H groups in total. The molecule has 0 saturated heterocycles. The molecule has 3 heteroatoms. The van der Waals surface area contributed by atoms with Gasteiger partial charge < -0.3 is 4.52 Å². The van der Waals surface area contributed by atoms with Gasteiger partial charge in [0.15, 0.2) is 0 Å². The minimum absolute atomic E-state index is 0.135. The first-order chi connectivity index (χ1) is 5.84. The predicted octanol–water partition coefficient (Wildman–Crippen LogP) is 3.49. The van der Waals surface area contributed by atoms with Crippen molar-refractivity contribution in [3.8, 4) is 0 Å². The van der Waals surface area contributed by atoms with Crippen LogP contribution in [-0.2, 0) is 0 Å². The minimum Gasteiger partial charge on any atom is -0.364 e. The molecule has 0 aliphatic rings. The fourth-order valence-electron chi connectivity index (χ4n) is 1.12. The van der Waals surface area contributed by atoms with Crippen molar-refractivity contribution in [1.82, 2.24) is 5.16 Å². The Labute approximate surface area is 78.7 Å². The van der Waals surface area contributed by atoms with E-state index in [1.165, 1.54) is 19.3 Å². The number of unbranched alkanes of at least 4 members (excludes halogenated alkanes) is 2. The van der Waals surface area contributed by atoms with Crippen LogP contribution in [0, 0.1) is 0 Å². The molecule has 0 aromatic carbocycles. The molecule has 2 nitrogen and oxygen atoms in total. The fraction of sp³-hybridized carbons (Fsp3) is 0.667. The maximum absolute atomic E-state index is 5.25. The Kier molecular flexibility index (Phi) is 4.22. The molecule has 0 spiro atoms. The van der Waals surface area contributed by atoms with Crippen LogP contribution in [0.25, 0.3) is 0 Å². The molecule has 67 valence electrons. The number of nitrogens with zero attached hydrogens (tertiary/aromatic N) is 1. The summed E-state index contributed by atoms with van der Waals surface area (Å²) in [7, 11) is 0. The summed E-state index contributed by atoms with van der Waals surface area (Å²) in [5.74, 6) is 0. The zero-order valence-electron chi connectivity index (χ0n) is 7.32. The SMILES string of the molecule is CCCCCC([S])c1ccon1. The van der Waals surface area contributed by atoms with Crippen molar-refractivity contribution in [3.05, 3.63) is 18.0 Å². The van der Waals surface area contributed by atoms with Gasteiger partial charge in [-0.2, -0.15) is 0 Å². The fourth-order valence-corrected chi connectivity index (χ4v) is 1.40. The maximum Gasteiger partial charge on any atom is 0.124 e. The summed E-state index contributed by atoms with van der Waals surface area (Å²) < 4.78 is 4.73. The second kappa shape index (κ2) is 5.25. The molecular weight excluding hydrogens is 170 g/mol. The monoisotopic (exact) mass is 184 g/mol. The highest BCUT2D eigenvalue weighted by atomic mass is 32.1. The van der Waals surface area contributed by atoms with E-state index in [1.54, 1.807) is 6.26 Å². The average Bonchev–Trinajstić information content (AvgIpc) is 2.56. The van der Waals surface area contributed by atoms with Gasteiger partial charge in [0.05, 0.1) is 10.9 Å². The molecule has 0 amide bonds. The van der Waals surface area contributed by atoms with Gasteiger partial charge in [-0.15, -0.1) is 0 Å². The Bertz CT molecular complexity index is 198. The molecule has 1 rings (SSSR count). The Balaban J connectivity index is 2.25. The molecule has 1 unspecified atom stereocenters. The topological polar surface area (TPSA) is 26.0 Å². The normalized spacial score (nSPS) is 13.2. The van der Waals surface area contributed by atoms with E-state index >= 15 is 0 Å². The zero-order chi connectivity index (χ0) is 8.81. The molecule has 0 bridgehead atoms. The van der Waals surface area contributed by atoms with Gasteiger partial charge in [-0.05, 0) is 6.42 Å². The van der Waals surface area contributed by atoms with Crippen LogP contribution in [-0.4, -0.2) is 5.16 Å². The van der Waals surface area contributed by atoms with Gasteiger partial charge in [-0.3, -0.25) is 0 Å². The second-order valence-electron chi connectivity index (χ2n) is 2.91. The van der Waals surface area contributed by atoms with Crippen LogP contribution in [0.2, 0.25) is 0 Å². The van der Waals surface area contributed by atoms with Gasteiger partial charge in [-0.1, -0.05) is 44.0 Å². The van der Waals surface area contributed by atoms with E-state index in [9.17, 15) is 0 Å². The second-order valence-corrected chi connectivity index (χ2v) is 3.48. The summed E-state index contributed by atoms with van der Waals surface area (Å²) in [6, 6.07) is 1.85. The summed E-state index contributed by atoms with van der Waals surface area (Å²) in [5, 5.41) is 3.95. The van der Waals surface area contributed by atoms with E-state index in [-0.39, 0.29) is 5.25 Å². The van der Waals surface area contributed by atoms with Crippen LogP contribution in [0.5, 0.6) is 0 Å². The number of hydrogen-bond acceptors (Lipinski definition) is 2. The Morgan fingerprint density at radius 2 is 2.42 bits per heavy atom. The first-order valence-corrected chi connectivity index (χ1v) is 4.88. The predicted molar refractivity (Wildman–Crippen MR) is 51.0 cm³/mol. The van der Waals surface area contributed by atoms with E-state index in [0.717, 1.165) is 12.1 Å². The van der Waals surface area contributed by atoms with Crippen molar-refractivity contribution >= 4 is 12.6 Å². The highest BCUT2D eigenvalue weighted by Crippen LogP contribution is 2.24. The lowest BCUT2D eigenvalue weighted by Gasteiger charge is -2.03. The summed E-state index contributed by atoms with van der Waals surface area (Å²) in [5.41, 5.74) is 0.904. The van der Waals surface area contributed by atoms with Crippen LogP contribution in [0.1, 0.15) is 43.6 Å². The number of hydrogen-bond donors (Lipinski definition) is 0. The molecule has 1 aromatic rings. The van der Waals surface area contributed by atoms with Gasteiger partial charge in [-0.25, -0.2) is 0 Å². The third-order valence-electron chi connectivity index (χ3n) is 1.86. The first-order valence-electron chi connectivity index (χ1n) is 4.40. The highest BCUT2D eigenvalue weighted by Gasteiger charge is 2.08. The van der Waals surface area contributed by atoms with Crippen molar-refractivity contribution in [2.24, 2.45) is 0 Å². The van der Waals surface area contributed by atoms with Crippen molar-refractivity contribution in [1.29, 1.82) is 0 Å². The van der Waals surface area contributed by atoms with Gasteiger partial charge in [0.25, 0.3) is 0 Å². The molecule has 1 atom stereocenters. The molecule has 0 aliphatic carbocycles. The summed E-state index contributed by atoms with van der Waals surface area (Å²) in [4.78, 5) is 0. The van der Waals surface area contributed by atoms with Gasteiger partial charge in [0.1, 0.15) is 6.26 Å². The molecule has 0 fully saturated rings.